The lowest BCUT2D eigenvalue weighted by molar-refractivity contribution is -0.166. The van der Waals surface area contributed by atoms with Crippen molar-refractivity contribution in [1.82, 2.24) is 0 Å². The zero-order valence-corrected chi connectivity index (χ0v) is 8.93. The third-order valence-electron chi connectivity index (χ3n) is 3.97. The summed E-state index contributed by atoms with van der Waals surface area (Å²) in [5, 5.41) is 0. The highest BCUT2D eigenvalue weighted by Gasteiger charge is 2.62. The molecule has 3 heterocycles. The molecule has 0 aromatic carbocycles. The molecule has 3 atom stereocenters. The number of carbonyl (C=O) groups is 4. The van der Waals surface area contributed by atoms with E-state index < -0.39 is 41.1 Å². The van der Waals surface area contributed by atoms with E-state index >= 15 is 0 Å². The topological polar surface area (TPSA) is 86.7 Å². The Hall–Kier alpha value is -1.72. The summed E-state index contributed by atoms with van der Waals surface area (Å²) >= 11 is 0. The van der Waals surface area contributed by atoms with Gasteiger partial charge in [0.15, 0.2) is 0 Å². The maximum absolute atomic E-state index is 11.8. The summed E-state index contributed by atoms with van der Waals surface area (Å²) in [5.74, 6) is -3.77. The van der Waals surface area contributed by atoms with Crippen molar-refractivity contribution in [2.24, 2.45) is 17.3 Å². The molecule has 17 heavy (non-hydrogen) atoms. The molecule has 3 unspecified atom stereocenters. The second-order valence-electron chi connectivity index (χ2n) is 4.87. The van der Waals surface area contributed by atoms with Gasteiger partial charge in [-0.05, 0) is 19.3 Å². The van der Waals surface area contributed by atoms with Crippen LogP contribution >= 0.6 is 0 Å². The number of ether oxygens (including phenoxy) is 2. The zero-order valence-electron chi connectivity index (χ0n) is 8.93. The predicted molar refractivity (Wildman–Crippen MR) is 50.1 cm³/mol. The number of hydrogen-bond acceptors (Lipinski definition) is 6. The molecule has 4 rings (SSSR count). The van der Waals surface area contributed by atoms with Gasteiger partial charge in [0.25, 0.3) is 0 Å². The van der Waals surface area contributed by atoms with Gasteiger partial charge in [0, 0.05) is 0 Å². The molecule has 1 spiro atoms. The molecule has 1 saturated carbocycles. The molecule has 1 aliphatic carbocycles. The second kappa shape index (κ2) is 3.15. The lowest BCUT2D eigenvalue weighted by Crippen LogP contribution is -2.42. The van der Waals surface area contributed by atoms with Crippen molar-refractivity contribution >= 4 is 23.9 Å². The van der Waals surface area contributed by atoms with Gasteiger partial charge < -0.3 is 9.47 Å². The van der Waals surface area contributed by atoms with Crippen molar-refractivity contribution in [3.8, 4) is 0 Å². The third-order valence-corrected chi connectivity index (χ3v) is 3.97. The highest BCUT2D eigenvalue weighted by molar-refractivity contribution is 6.03. The first-order valence-electron chi connectivity index (χ1n) is 5.53. The van der Waals surface area contributed by atoms with Gasteiger partial charge in [0.1, 0.15) is 0 Å². The van der Waals surface area contributed by atoms with Gasteiger partial charge in [-0.2, -0.15) is 0 Å². The van der Waals surface area contributed by atoms with E-state index in [-0.39, 0.29) is 12.8 Å². The molecule has 0 N–H and O–H groups in total. The summed E-state index contributed by atoms with van der Waals surface area (Å²) in [5.41, 5.74) is -1.15. The first-order valence-corrected chi connectivity index (χ1v) is 5.53. The Morgan fingerprint density at radius 1 is 1.00 bits per heavy atom. The number of hydrogen-bond donors (Lipinski definition) is 0. The summed E-state index contributed by atoms with van der Waals surface area (Å²) < 4.78 is 9.22. The van der Waals surface area contributed by atoms with Crippen LogP contribution in [0.3, 0.4) is 0 Å². The SMILES string of the molecule is O=C1CC2(CC3CCC2C(=O)OC3=O)C(=O)O1. The second-order valence-corrected chi connectivity index (χ2v) is 4.87. The minimum absolute atomic E-state index is 0.116. The van der Waals surface area contributed by atoms with Gasteiger partial charge in [-0.25, -0.2) is 0 Å². The van der Waals surface area contributed by atoms with Crippen molar-refractivity contribution in [2.45, 2.75) is 25.7 Å². The largest absolute Gasteiger partial charge is 0.393 e. The molecule has 6 heteroatoms. The number of rotatable bonds is 0. The Bertz CT molecular complexity index is 453. The molecule has 90 valence electrons. The van der Waals surface area contributed by atoms with E-state index in [1.165, 1.54) is 0 Å². The Morgan fingerprint density at radius 2 is 1.76 bits per heavy atom. The molecular formula is C11H10O6. The first kappa shape index (κ1) is 10.4. The van der Waals surface area contributed by atoms with Gasteiger partial charge in [-0.1, -0.05) is 0 Å². The maximum atomic E-state index is 11.8. The summed E-state index contributed by atoms with van der Waals surface area (Å²) in [4.78, 5) is 46.3. The Labute approximate surface area is 96.2 Å². The minimum atomic E-state index is -1.15. The van der Waals surface area contributed by atoms with E-state index in [1.807, 2.05) is 0 Å². The van der Waals surface area contributed by atoms with Gasteiger partial charge in [0.05, 0.1) is 23.7 Å². The van der Waals surface area contributed by atoms with Crippen molar-refractivity contribution < 1.29 is 28.7 Å². The smallest absolute Gasteiger partial charge is 0.321 e. The molecule has 4 aliphatic rings. The fourth-order valence-corrected chi connectivity index (χ4v) is 3.12. The van der Waals surface area contributed by atoms with Gasteiger partial charge in [-0.3, -0.25) is 19.2 Å². The first-order chi connectivity index (χ1) is 8.03. The van der Waals surface area contributed by atoms with E-state index in [4.69, 9.17) is 0 Å². The molecule has 0 aromatic heterocycles. The van der Waals surface area contributed by atoms with E-state index in [9.17, 15) is 19.2 Å². The number of cyclic esters (lactones) is 2. The lowest BCUT2D eigenvalue weighted by atomic mass is 9.63. The molecule has 2 bridgehead atoms. The summed E-state index contributed by atoms with van der Waals surface area (Å²) in [7, 11) is 0. The molecule has 0 aromatic rings. The number of fused-ring (bicyclic) bond motifs is 3. The van der Waals surface area contributed by atoms with Crippen LogP contribution in [-0.2, 0) is 28.7 Å². The standard InChI is InChI=1S/C11H10O6/c12-7-4-11(10(15)16-7)3-5-1-2-6(11)9(14)17-8(5)13/h5-6H,1-4H2. The van der Waals surface area contributed by atoms with Crippen LogP contribution in [0.15, 0.2) is 0 Å². The zero-order chi connectivity index (χ0) is 12.2. The Morgan fingerprint density at radius 3 is 2.41 bits per heavy atom. The van der Waals surface area contributed by atoms with Gasteiger partial charge in [0.2, 0.25) is 0 Å². The van der Waals surface area contributed by atoms with Crippen LogP contribution in [-0.4, -0.2) is 23.9 Å². The number of esters is 4. The molecule has 3 saturated heterocycles. The van der Waals surface area contributed by atoms with Crippen LogP contribution in [0.2, 0.25) is 0 Å². The maximum Gasteiger partial charge on any atom is 0.321 e. The highest BCUT2D eigenvalue weighted by Crippen LogP contribution is 2.52. The molecule has 4 fully saturated rings. The van der Waals surface area contributed by atoms with Crippen LogP contribution in [0.5, 0.6) is 0 Å². The van der Waals surface area contributed by atoms with Crippen molar-refractivity contribution in [3.63, 3.8) is 0 Å². The summed E-state index contributed by atoms with van der Waals surface area (Å²) in [6.07, 6.45) is 0.998. The average Bonchev–Trinajstić information content (AvgIpc) is 2.40. The van der Waals surface area contributed by atoms with Crippen LogP contribution in [0.1, 0.15) is 25.7 Å². The highest BCUT2D eigenvalue weighted by atomic mass is 16.6. The molecule has 6 nitrogen and oxygen atoms in total. The number of carbonyl (C=O) groups excluding carboxylic acids is 4. The van der Waals surface area contributed by atoms with Crippen molar-refractivity contribution in [3.05, 3.63) is 0 Å². The fraction of sp³-hybridized carbons (Fsp3) is 0.636. The molecule has 3 aliphatic heterocycles. The van der Waals surface area contributed by atoms with Crippen molar-refractivity contribution in [2.75, 3.05) is 0 Å². The Kier molecular flexibility index (Phi) is 1.93. The molecule has 0 radical (unpaired) electrons. The normalized spacial score (nSPS) is 40.5. The lowest BCUT2D eigenvalue weighted by Gasteiger charge is -2.34. The van der Waals surface area contributed by atoms with E-state index in [2.05, 4.69) is 9.47 Å². The van der Waals surface area contributed by atoms with E-state index in [1.54, 1.807) is 0 Å². The van der Waals surface area contributed by atoms with Crippen LogP contribution in [0.4, 0.5) is 0 Å². The van der Waals surface area contributed by atoms with Gasteiger partial charge in [-0.15, -0.1) is 0 Å². The van der Waals surface area contributed by atoms with E-state index in [0.29, 0.717) is 12.8 Å². The monoisotopic (exact) mass is 238 g/mol. The van der Waals surface area contributed by atoms with Gasteiger partial charge >= 0.3 is 23.9 Å². The van der Waals surface area contributed by atoms with Crippen LogP contribution < -0.4 is 0 Å². The Balaban J connectivity index is 2.07. The minimum Gasteiger partial charge on any atom is -0.393 e. The van der Waals surface area contributed by atoms with E-state index in [0.717, 1.165) is 0 Å². The van der Waals surface area contributed by atoms with Crippen LogP contribution in [0, 0.1) is 17.3 Å². The average molecular weight is 238 g/mol. The molecular weight excluding hydrogens is 228 g/mol. The van der Waals surface area contributed by atoms with Crippen molar-refractivity contribution in [1.29, 1.82) is 0 Å². The quantitative estimate of drug-likeness (QED) is 0.434. The predicted octanol–water partition coefficient (Wildman–Crippen LogP) is -0.0540. The van der Waals surface area contributed by atoms with Crippen LogP contribution in [0.25, 0.3) is 0 Å². The fourth-order valence-electron chi connectivity index (χ4n) is 3.12. The molecule has 0 amide bonds. The summed E-state index contributed by atoms with van der Waals surface area (Å²) in [6, 6.07) is 0. The third kappa shape index (κ3) is 1.26. The summed E-state index contributed by atoms with van der Waals surface area (Å²) in [6.45, 7) is 0.